The molecular weight excluding hydrogens is 578 g/mol. The normalized spacial score (nSPS) is 14.5. The topological polar surface area (TPSA) is 118 Å². The van der Waals surface area contributed by atoms with E-state index < -0.39 is 11.3 Å². The lowest BCUT2D eigenvalue weighted by Crippen LogP contribution is -2.42. The second-order valence-corrected chi connectivity index (χ2v) is 11.7. The van der Waals surface area contributed by atoms with Gasteiger partial charge in [0.15, 0.2) is 5.82 Å². The monoisotopic (exact) mass is 616 g/mol. The summed E-state index contributed by atoms with van der Waals surface area (Å²) in [6.45, 7) is 4.16. The number of ether oxygens (including phenoxy) is 2. The molecule has 4 rings (SSSR count). The van der Waals surface area contributed by atoms with Crippen molar-refractivity contribution in [1.29, 1.82) is 0 Å². The van der Waals surface area contributed by atoms with Crippen molar-refractivity contribution in [1.82, 2.24) is 14.9 Å². The Labute approximate surface area is 255 Å². The number of nitrogens with zero attached hydrogens (tertiary/aromatic N) is 5. The maximum Gasteiger partial charge on any atom is 0.229 e. The van der Waals surface area contributed by atoms with Crippen LogP contribution in [0.3, 0.4) is 0 Å². The fourth-order valence-corrected chi connectivity index (χ4v) is 5.69. The molecule has 1 saturated heterocycles. The van der Waals surface area contributed by atoms with E-state index >= 15 is 0 Å². The molecule has 1 aliphatic rings. The first kappa shape index (κ1) is 31.6. The van der Waals surface area contributed by atoms with Gasteiger partial charge in [0.2, 0.25) is 5.95 Å². The zero-order valence-electron chi connectivity index (χ0n) is 24.9. The molecule has 1 atom stereocenters. The highest BCUT2D eigenvalue weighted by molar-refractivity contribution is 7.80. The van der Waals surface area contributed by atoms with Crippen molar-refractivity contribution in [3.63, 3.8) is 0 Å². The number of anilines is 6. The number of methoxy groups -OCH3 is 2. The maximum absolute atomic E-state index is 11.8. The van der Waals surface area contributed by atoms with E-state index in [0.717, 1.165) is 48.8 Å². The third-order valence-corrected chi connectivity index (χ3v) is 8.36. The summed E-state index contributed by atoms with van der Waals surface area (Å²) in [6, 6.07) is 9.93. The van der Waals surface area contributed by atoms with Crippen LogP contribution in [-0.2, 0) is 17.7 Å². The lowest BCUT2D eigenvalue weighted by molar-refractivity contribution is 0.249. The standard InChI is InChI=1S/C29H40ClN7O4S/c1-7-9-19-16-23(26(41-6)17-24(19)37-14-12-20(13-15-37)35(2)3)33-29-31-18-21(30)28(34-29)32-22-10-8-11-25(40-5)27(22)36(4)42(38)39/h8,10-11,16-18,20H,7,9,12-15H2,1-6H3,(H,38,39)(H2,31,32,33,34)/p-1. The Morgan fingerprint density at radius 3 is 2.43 bits per heavy atom. The largest absolute Gasteiger partial charge is 0.755 e. The van der Waals surface area contributed by atoms with E-state index in [0.29, 0.717) is 40.7 Å². The van der Waals surface area contributed by atoms with E-state index in [1.807, 2.05) is 0 Å². The van der Waals surface area contributed by atoms with Crippen molar-refractivity contribution in [2.75, 3.05) is 68.3 Å². The van der Waals surface area contributed by atoms with Gasteiger partial charge >= 0.3 is 0 Å². The van der Waals surface area contributed by atoms with Crippen LogP contribution in [0.25, 0.3) is 0 Å². The number of benzene rings is 2. The van der Waals surface area contributed by atoms with Crippen LogP contribution in [0.1, 0.15) is 31.7 Å². The zero-order valence-corrected chi connectivity index (χ0v) is 26.5. The van der Waals surface area contributed by atoms with Gasteiger partial charge in [0.05, 0.1) is 31.8 Å². The van der Waals surface area contributed by atoms with E-state index in [-0.39, 0.29) is 5.02 Å². The quantitative estimate of drug-likeness (QED) is 0.258. The zero-order chi connectivity index (χ0) is 30.4. The van der Waals surface area contributed by atoms with Gasteiger partial charge in [-0.2, -0.15) is 4.98 Å². The first-order valence-corrected chi connectivity index (χ1v) is 15.3. The van der Waals surface area contributed by atoms with Gasteiger partial charge in [-0.3, -0.25) is 4.21 Å². The van der Waals surface area contributed by atoms with Crippen LogP contribution in [0.2, 0.25) is 5.02 Å². The molecule has 42 heavy (non-hydrogen) atoms. The number of nitrogens with one attached hydrogen (secondary N) is 2. The third-order valence-electron chi connectivity index (χ3n) is 7.46. The molecule has 0 spiro atoms. The first-order valence-electron chi connectivity index (χ1n) is 13.9. The predicted molar refractivity (Wildman–Crippen MR) is 170 cm³/mol. The van der Waals surface area contributed by atoms with Crippen LogP contribution < -0.4 is 29.3 Å². The molecule has 13 heteroatoms. The lowest BCUT2D eigenvalue weighted by atomic mass is 10.00. The van der Waals surface area contributed by atoms with Crippen LogP contribution in [0.15, 0.2) is 36.5 Å². The van der Waals surface area contributed by atoms with E-state index in [4.69, 9.17) is 21.1 Å². The molecule has 0 saturated carbocycles. The number of piperidine rings is 1. The molecule has 2 N–H and O–H groups in total. The van der Waals surface area contributed by atoms with Gasteiger partial charge in [0.25, 0.3) is 0 Å². The second kappa shape index (κ2) is 14.2. The van der Waals surface area contributed by atoms with E-state index in [1.165, 1.54) is 31.6 Å². The van der Waals surface area contributed by atoms with E-state index in [2.05, 4.69) is 63.6 Å². The molecule has 1 unspecified atom stereocenters. The predicted octanol–water partition coefficient (Wildman–Crippen LogP) is 5.35. The first-order chi connectivity index (χ1) is 20.2. The Kier molecular flexibility index (Phi) is 10.7. The molecule has 1 aromatic heterocycles. The minimum absolute atomic E-state index is 0.260. The van der Waals surface area contributed by atoms with Gasteiger partial charge in [-0.15, -0.1) is 0 Å². The van der Waals surface area contributed by atoms with Crippen LogP contribution in [0.4, 0.5) is 34.5 Å². The number of hydrogen-bond acceptors (Lipinski definition) is 10. The summed E-state index contributed by atoms with van der Waals surface area (Å²) in [5.74, 6) is 1.64. The second-order valence-electron chi connectivity index (χ2n) is 10.3. The molecule has 2 aromatic carbocycles. The van der Waals surface area contributed by atoms with Crippen molar-refractivity contribution in [2.45, 2.75) is 38.6 Å². The average Bonchev–Trinajstić information content (AvgIpc) is 2.98. The van der Waals surface area contributed by atoms with Crippen LogP contribution in [0, 0.1) is 0 Å². The molecular formula is C29H39ClN7O4S-. The third kappa shape index (κ3) is 7.17. The minimum Gasteiger partial charge on any atom is -0.755 e. The van der Waals surface area contributed by atoms with Crippen LogP contribution in [-0.4, -0.2) is 78.1 Å². The van der Waals surface area contributed by atoms with Crippen molar-refractivity contribution in [2.24, 2.45) is 0 Å². The Hall–Kier alpha value is -3.32. The molecule has 0 aliphatic carbocycles. The van der Waals surface area contributed by atoms with Crippen molar-refractivity contribution >= 4 is 57.4 Å². The number of halogens is 1. The smallest absolute Gasteiger partial charge is 0.229 e. The summed E-state index contributed by atoms with van der Waals surface area (Å²) < 4.78 is 35.8. The summed E-state index contributed by atoms with van der Waals surface area (Å²) >= 11 is 3.94. The van der Waals surface area contributed by atoms with Crippen LogP contribution in [0.5, 0.6) is 11.5 Å². The van der Waals surface area contributed by atoms with Gasteiger partial charge in [0, 0.05) is 49.2 Å². The fourth-order valence-electron chi connectivity index (χ4n) is 5.22. The molecule has 0 amide bonds. The Morgan fingerprint density at radius 2 is 1.81 bits per heavy atom. The molecule has 1 aliphatic heterocycles. The summed E-state index contributed by atoms with van der Waals surface area (Å²) in [4.78, 5) is 13.8. The van der Waals surface area contributed by atoms with E-state index in [9.17, 15) is 8.76 Å². The number of para-hydroxylation sites is 1. The van der Waals surface area contributed by atoms with Gasteiger partial charge in [-0.05, 0) is 57.1 Å². The molecule has 1 fully saturated rings. The number of aromatic nitrogens is 2. The van der Waals surface area contributed by atoms with Crippen LogP contribution >= 0.6 is 11.6 Å². The molecule has 0 radical (unpaired) electrons. The Morgan fingerprint density at radius 1 is 1.10 bits per heavy atom. The van der Waals surface area contributed by atoms with Gasteiger partial charge in [0.1, 0.15) is 22.2 Å². The number of aryl methyl sites for hydroxylation is 1. The van der Waals surface area contributed by atoms with Crippen molar-refractivity contribution in [3.05, 3.63) is 47.1 Å². The molecule has 2 heterocycles. The van der Waals surface area contributed by atoms with Crippen molar-refractivity contribution < 1.29 is 18.2 Å². The minimum atomic E-state index is -2.53. The molecule has 3 aromatic rings. The Bertz CT molecular complexity index is 1400. The molecule has 0 bridgehead atoms. The highest BCUT2D eigenvalue weighted by atomic mass is 35.5. The van der Waals surface area contributed by atoms with Crippen molar-refractivity contribution in [3.8, 4) is 11.5 Å². The summed E-state index contributed by atoms with van der Waals surface area (Å²) in [7, 11) is 8.85. The summed E-state index contributed by atoms with van der Waals surface area (Å²) in [5.41, 5.74) is 3.92. The van der Waals surface area contributed by atoms with Gasteiger partial charge in [-0.1, -0.05) is 31.0 Å². The number of rotatable bonds is 12. The highest BCUT2D eigenvalue weighted by Crippen LogP contribution is 2.40. The molecule has 11 nitrogen and oxygen atoms in total. The summed E-state index contributed by atoms with van der Waals surface area (Å²) in [5, 5.41) is 6.70. The highest BCUT2D eigenvalue weighted by Gasteiger charge is 2.24. The summed E-state index contributed by atoms with van der Waals surface area (Å²) in [6.07, 6.45) is 5.64. The average molecular weight is 617 g/mol. The fraction of sp³-hybridized carbons (Fsp3) is 0.448. The molecule has 228 valence electrons. The Balaban J connectivity index is 1.64. The van der Waals surface area contributed by atoms with Gasteiger partial charge in [-0.25, -0.2) is 4.98 Å². The number of hydrogen-bond donors (Lipinski definition) is 2. The van der Waals surface area contributed by atoms with Gasteiger partial charge < -0.3 is 38.8 Å². The maximum atomic E-state index is 11.8. The lowest BCUT2D eigenvalue weighted by Gasteiger charge is -2.37. The SMILES string of the molecule is CCCc1cc(Nc2ncc(Cl)c(Nc3cccc(OC)c3N(C)S(=O)[O-])n2)c(OC)cc1N1CCC(N(C)C)CC1. The van der Waals surface area contributed by atoms with E-state index in [1.54, 1.807) is 25.3 Å².